The second kappa shape index (κ2) is 4.88. The van der Waals surface area contributed by atoms with Crippen molar-refractivity contribution in [2.75, 3.05) is 6.61 Å². The lowest BCUT2D eigenvalue weighted by Crippen LogP contribution is -2.07. The van der Waals surface area contributed by atoms with Gasteiger partial charge in [0, 0.05) is 0 Å². The fourth-order valence-corrected chi connectivity index (χ4v) is 1.08. The van der Waals surface area contributed by atoms with Gasteiger partial charge >= 0.3 is 0 Å². The first-order valence-electron chi connectivity index (χ1n) is 4.49. The van der Waals surface area contributed by atoms with Gasteiger partial charge in [-0.15, -0.1) is 6.42 Å². The highest BCUT2D eigenvalue weighted by Gasteiger charge is 2.25. The Hall–Kier alpha value is -1.70. The van der Waals surface area contributed by atoms with E-state index in [1.165, 1.54) is 0 Å². The number of hydrogen-bond acceptors (Lipinski definition) is 1. The van der Waals surface area contributed by atoms with Gasteiger partial charge in [0.2, 0.25) is 11.6 Å². The highest BCUT2D eigenvalue weighted by Crippen LogP contribution is 2.29. The Morgan fingerprint density at radius 3 is 2.12 bits per heavy atom. The normalized spacial score (nSPS) is 10.0. The second-order valence-corrected chi connectivity index (χ2v) is 2.95. The number of hydrogen-bond donors (Lipinski definition) is 0. The van der Waals surface area contributed by atoms with E-state index in [1.54, 1.807) is 12.8 Å². The molecule has 0 aliphatic heterocycles. The van der Waals surface area contributed by atoms with Crippen molar-refractivity contribution in [1.29, 1.82) is 0 Å². The summed E-state index contributed by atoms with van der Waals surface area (Å²) in [4.78, 5) is 0. The molecule has 0 N–H and O–H groups in total. The third-order valence-electron chi connectivity index (χ3n) is 1.82. The van der Waals surface area contributed by atoms with Crippen LogP contribution in [0.4, 0.5) is 17.6 Å². The first kappa shape index (κ1) is 12.4. The topological polar surface area (TPSA) is 9.23 Å². The molecule has 1 aromatic carbocycles. The van der Waals surface area contributed by atoms with Crippen LogP contribution in [0.15, 0.2) is 0 Å². The molecule has 0 radical (unpaired) electrons. The summed E-state index contributed by atoms with van der Waals surface area (Å²) in [6.07, 6.45) is 5.38. The van der Waals surface area contributed by atoms with Crippen LogP contribution in [0.5, 0.6) is 5.75 Å². The molecule has 0 aromatic heterocycles. The molecule has 1 nitrogen and oxygen atoms in total. The quantitative estimate of drug-likeness (QED) is 0.337. The minimum absolute atomic E-state index is 0.0239. The minimum Gasteiger partial charge on any atom is -0.489 e. The molecule has 5 heteroatoms. The molecular formula is C11H8F4O. The zero-order valence-electron chi connectivity index (χ0n) is 8.41. The summed E-state index contributed by atoms with van der Waals surface area (Å²) in [5.74, 6) is -6.12. The van der Waals surface area contributed by atoms with Crippen molar-refractivity contribution in [2.45, 2.75) is 13.3 Å². The number of ether oxygens (including phenoxy) is 1. The average molecular weight is 232 g/mol. The molecular weight excluding hydrogens is 224 g/mol. The third kappa shape index (κ3) is 1.96. The van der Waals surface area contributed by atoms with Crippen LogP contribution in [0.25, 0.3) is 0 Å². The lowest BCUT2D eigenvalue weighted by molar-refractivity contribution is 0.285. The predicted molar refractivity (Wildman–Crippen MR) is 50.0 cm³/mol. The summed E-state index contributed by atoms with van der Waals surface area (Å²) in [7, 11) is 0. The predicted octanol–water partition coefficient (Wildman–Crippen LogP) is 3.01. The molecule has 0 aliphatic carbocycles. The largest absolute Gasteiger partial charge is 0.489 e. The van der Waals surface area contributed by atoms with Gasteiger partial charge in [0.15, 0.2) is 17.4 Å². The smallest absolute Gasteiger partial charge is 0.205 e. The Morgan fingerprint density at radius 1 is 1.06 bits per heavy atom. The molecule has 0 aliphatic rings. The molecule has 0 spiro atoms. The van der Waals surface area contributed by atoms with Crippen molar-refractivity contribution in [3.63, 3.8) is 0 Å². The van der Waals surface area contributed by atoms with Crippen molar-refractivity contribution in [2.24, 2.45) is 0 Å². The maximum Gasteiger partial charge on any atom is 0.205 e. The maximum absolute atomic E-state index is 13.2. The molecule has 0 atom stereocenters. The molecule has 0 fully saturated rings. The Kier molecular flexibility index (Phi) is 3.78. The van der Waals surface area contributed by atoms with Gasteiger partial charge in [-0.05, 0) is 6.42 Å². The number of benzene rings is 1. The summed E-state index contributed by atoms with van der Waals surface area (Å²) in [6.45, 7) is 1.74. The Morgan fingerprint density at radius 2 is 1.62 bits per heavy atom. The van der Waals surface area contributed by atoms with E-state index in [0.29, 0.717) is 6.42 Å². The van der Waals surface area contributed by atoms with Crippen LogP contribution in [0.1, 0.15) is 18.9 Å². The van der Waals surface area contributed by atoms with Gasteiger partial charge < -0.3 is 4.74 Å². The van der Waals surface area contributed by atoms with E-state index in [4.69, 9.17) is 11.2 Å². The fraction of sp³-hybridized carbons (Fsp3) is 0.273. The Bertz CT molecular complexity index is 449. The Balaban J connectivity index is 3.40. The van der Waals surface area contributed by atoms with Crippen molar-refractivity contribution in [1.82, 2.24) is 0 Å². The third-order valence-corrected chi connectivity index (χ3v) is 1.82. The monoisotopic (exact) mass is 232 g/mol. The van der Waals surface area contributed by atoms with Crippen LogP contribution >= 0.6 is 0 Å². The van der Waals surface area contributed by atoms with E-state index in [-0.39, 0.29) is 6.61 Å². The van der Waals surface area contributed by atoms with Crippen molar-refractivity contribution >= 4 is 0 Å². The summed E-state index contributed by atoms with van der Waals surface area (Å²) in [6, 6.07) is 0. The summed E-state index contributed by atoms with van der Waals surface area (Å²) >= 11 is 0. The van der Waals surface area contributed by atoms with Crippen molar-refractivity contribution < 1.29 is 22.3 Å². The van der Waals surface area contributed by atoms with Crippen LogP contribution in [0.3, 0.4) is 0 Å². The van der Waals surface area contributed by atoms with E-state index in [0.717, 1.165) is 0 Å². The van der Waals surface area contributed by atoms with E-state index < -0.39 is 34.6 Å². The lowest BCUT2D eigenvalue weighted by Gasteiger charge is -2.10. The van der Waals surface area contributed by atoms with Crippen LogP contribution < -0.4 is 4.74 Å². The van der Waals surface area contributed by atoms with Crippen LogP contribution in [0.2, 0.25) is 0 Å². The molecule has 0 unspecified atom stereocenters. The first-order valence-corrected chi connectivity index (χ1v) is 4.49. The van der Waals surface area contributed by atoms with Gasteiger partial charge in [0.05, 0.1) is 6.61 Å². The fourth-order valence-electron chi connectivity index (χ4n) is 1.08. The zero-order chi connectivity index (χ0) is 12.3. The van der Waals surface area contributed by atoms with E-state index in [1.807, 2.05) is 0 Å². The van der Waals surface area contributed by atoms with E-state index in [9.17, 15) is 17.6 Å². The van der Waals surface area contributed by atoms with Gasteiger partial charge in [0.25, 0.3) is 0 Å². The van der Waals surface area contributed by atoms with Gasteiger partial charge in [0.1, 0.15) is 5.56 Å². The highest BCUT2D eigenvalue weighted by atomic mass is 19.2. The molecule has 1 rings (SSSR count). The number of rotatable bonds is 3. The zero-order valence-corrected chi connectivity index (χ0v) is 8.41. The molecule has 86 valence electrons. The molecule has 0 bridgehead atoms. The lowest BCUT2D eigenvalue weighted by atomic mass is 10.1. The van der Waals surface area contributed by atoms with Crippen LogP contribution in [-0.2, 0) is 0 Å². The van der Waals surface area contributed by atoms with Crippen molar-refractivity contribution in [3.05, 3.63) is 28.8 Å². The van der Waals surface area contributed by atoms with Crippen LogP contribution in [-0.4, -0.2) is 6.61 Å². The maximum atomic E-state index is 13.2. The average Bonchev–Trinajstić information content (AvgIpc) is 2.29. The summed E-state index contributed by atoms with van der Waals surface area (Å²) in [5, 5.41) is 0. The van der Waals surface area contributed by atoms with Gasteiger partial charge in [-0.1, -0.05) is 12.8 Å². The second-order valence-electron chi connectivity index (χ2n) is 2.95. The SMILES string of the molecule is C#Cc1c(F)c(F)c(F)c(F)c1OCCC. The summed E-state index contributed by atoms with van der Waals surface area (Å²) < 4.78 is 56.8. The van der Waals surface area contributed by atoms with Gasteiger partial charge in [-0.25, -0.2) is 13.2 Å². The molecule has 16 heavy (non-hydrogen) atoms. The van der Waals surface area contributed by atoms with E-state index in [2.05, 4.69) is 0 Å². The number of halogens is 4. The number of terminal acetylenes is 1. The molecule has 1 aromatic rings. The highest BCUT2D eigenvalue weighted by molar-refractivity contribution is 5.47. The Labute approximate surface area is 90.0 Å². The molecule has 0 heterocycles. The summed E-state index contributed by atoms with van der Waals surface area (Å²) in [5.41, 5.74) is -0.746. The molecule has 0 saturated heterocycles. The standard InChI is InChI=1S/C11H8F4O/c1-3-5-16-11-6(4-2)7(12)8(13)9(14)10(11)15/h2H,3,5H2,1H3. The molecule has 0 amide bonds. The van der Waals surface area contributed by atoms with Gasteiger partial charge in [-0.3, -0.25) is 0 Å². The van der Waals surface area contributed by atoms with Crippen LogP contribution in [0, 0.1) is 35.6 Å². The minimum atomic E-state index is -1.94. The van der Waals surface area contributed by atoms with Gasteiger partial charge in [-0.2, -0.15) is 4.39 Å². The first-order chi connectivity index (χ1) is 7.54. The molecule has 0 saturated carbocycles. The van der Waals surface area contributed by atoms with Crippen molar-refractivity contribution in [3.8, 4) is 18.1 Å². The van der Waals surface area contributed by atoms with E-state index >= 15 is 0 Å².